The first-order valence-corrected chi connectivity index (χ1v) is 3.69. The van der Waals surface area contributed by atoms with Crippen molar-refractivity contribution < 1.29 is 4.57 Å². The maximum Gasteiger partial charge on any atom is 0.158 e. The molecular weight excluding hydrogens is 119 g/mol. The molecule has 0 aromatic heterocycles. The Morgan fingerprint density at radius 2 is 1.75 bits per heavy atom. The van der Waals surface area contributed by atoms with Crippen molar-refractivity contribution in [3.05, 3.63) is 0 Å². The maximum absolute atomic E-state index is 10.2. The Kier molecular flexibility index (Phi) is 2.62. The lowest BCUT2D eigenvalue weighted by Crippen LogP contribution is -2.16. The van der Waals surface area contributed by atoms with Crippen LogP contribution in [0, 0.1) is 5.41 Å². The van der Waals surface area contributed by atoms with E-state index >= 15 is 0 Å². The lowest BCUT2D eigenvalue weighted by atomic mass is 9.93. The largest absolute Gasteiger partial charge is 0.275 e. The van der Waals surface area contributed by atoms with Crippen LogP contribution < -0.4 is 0 Å². The Bertz CT molecular complexity index is 83.0. The van der Waals surface area contributed by atoms with Crippen molar-refractivity contribution in [2.24, 2.45) is 5.41 Å². The Labute approximate surface area is 52.7 Å². The molecule has 0 saturated carbocycles. The molecule has 0 aromatic carbocycles. The third-order valence-electron chi connectivity index (χ3n) is 1.41. The first-order chi connectivity index (χ1) is 3.48. The van der Waals surface area contributed by atoms with E-state index in [1.165, 1.54) is 0 Å². The molecule has 0 amide bonds. The SMILES string of the molecule is CC(P=O)C(C)(C)C. The van der Waals surface area contributed by atoms with Gasteiger partial charge in [-0.3, -0.25) is 4.57 Å². The lowest BCUT2D eigenvalue weighted by Gasteiger charge is -2.20. The summed E-state index contributed by atoms with van der Waals surface area (Å²) < 4.78 is 10.2. The summed E-state index contributed by atoms with van der Waals surface area (Å²) in [6.45, 7) is 8.24. The number of hydrogen-bond acceptors (Lipinski definition) is 1. The maximum atomic E-state index is 10.2. The first-order valence-electron chi connectivity index (χ1n) is 2.81. The first kappa shape index (κ1) is 8.10. The van der Waals surface area contributed by atoms with Gasteiger partial charge >= 0.3 is 0 Å². The Morgan fingerprint density at radius 3 is 1.75 bits per heavy atom. The molecule has 2 heteroatoms. The molecule has 0 aliphatic heterocycles. The van der Waals surface area contributed by atoms with Gasteiger partial charge in [-0.2, -0.15) is 0 Å². The molecule has 1 nitrogen and oxygen atoms in total. The third-order valence-corrected chi connectivity index (χ3v) is 2.50. The van der Waals surface area contributed by atoms with Gasteiger partial charge in [-0.1, -0.05) is 27.7 Å². The standard InChI is InChI=1S/C6H13OP/c1-5(8-7)6(2,3)4/h5H,1-4H3. The number of hydrogen-bond donors (Lipinski definition) is 0. The van der Waals surface area contributed by atoms with E-state index in [9.17, 15) is 4.57 Å². The second-order valence-electron chi connectivity index (χ2n) is 3.15. The zero-order valence-corrected chi connectivity index (χ0v) is 6.83. The molecule has 0 aliphatic rings. The minimum absolute atomic E-state index is 0.184. The number of rotatable bonds is 1. The highest BCUT2D eigenvalue weighted by atomic mass is 31.1. The van der Waals surface area contributed by atoms with E-state index in [2.05, 4.69) is 20.8 Å². The summed E-state index contributed by atoms with van der Waals surface area (Å²) in [6.07, 6.45) is 0. The highest BCUT2D eigenvalue weighted by Crippen LogP contribution is 2.27. The molecular formula is C6H13OP. The monoisotopic (exact) mass is 132 g/mol. The van der Waals surface area contributed by atoms with Crippen LogP contribution in [0.1, 0.15) is 27.7 Å². The highest BCUT2D eigenvalue weighted by molar-refractivity contribution is 7.24. The van der Waals surface area contributed by atoms with Gasteiger partial charge in [0.05, 0.1) is 0 Å². The summed E-state index contributed by atoms with van der Waals surface area (Å²) >= 11 is 0. The molecule has 0 spiro atoms. The molecule has 1 atom stereocenters. The average molecular weight is 132 g/mol. The average Bonchev–Trinajstić information content (AvgIpc) is 1.62. The van der Waals surface area contributed by atoms with Crippen molar-refractivity contribution in [1.82, 2.24) is 0 Å². The van der Waals surface area contributed by atoms with Gasteiger partial charge in [0.15, 0.2) is 8.46 Å². The molecule has 8 heavy (non-hydrogen) atoms. The fourth-order valence-electron chi connectivity index (χ4n) is 0.158. The zero-order valence-electron chi connectivity index (χ0n) is 5.93. The Balaban J connectivity index is 3.80. The van der Waals surface area contributed by atoms with Gasteiger partial charge < -0.3 is 0 Å². The third kappa shape index (κ3) is 2.42. The second kappa shape index (κ2) is 2.59. The van der Waals surface area contributed by atoms with E-state index in [4.69, 9.17) is 0 Å². The summed E-state index contributed by atoms with van der Waals surface area (Å²) in [6, 6.07) is 0. The molecule has 0 aromatic rings. The van der Waals surface area contributed by atoms with Crippen LogP contribution in [0.25, 0.3) is 0 Å². The fourth-order valence-corrected chi connectivity index (χ4v) is 0.474. The molecule has 0 bridgehead atoms. The highest BCUT2D eigenvalue weighted by Gasteiger charge is 2.19. The summed E-state index contributed by atoms with van der Waals surface area (Å²) in [5, 5.41) is 0. The molecule has 48 valence electrons. The van der Waals surface area contributed by atoms with Gasteiger partial charge in [0.25, 0.3) is 0 Å². The van der Waals surface area contributed by atoms with Crippen molar-refractivity contribution in [2.45, 2.75) is 33.4 Å². The van der Waals surface area contributed by atoms with Crippen LogP contribution in [0.15, 0.2) is 0 Å². The van der Waals surface area contributed by atoms with Crippen molar-refractivity contribution in [3.8, 4) is 0 Å². The molecule has 0 rings (SSSR count). The van der Waals surface area contributed by atoms with Crippen molar-refractivity contribution >= 4 is 8.46 Å². The summed E-state index contributed by atoms with van der Waals surface area (Å²) in [5.74, 6) is 0. The van der Waals surface area contributed by atoms with Gasteiger partial charge in [-0.05, 0) is 5.41 Å². The molecule has 0 heterocycles. The van der Waals surface area contributed by atoms with Crippen molar-refractivity contribution in [2.75, 3.05) is 0 Å². The quantitative estimate of drug-likeness (QED) is 0.501. The summed E-state index contributed by atoms with van der Waals surface area (Å²) in [4.78, 5) is 0. The minimum atomic E-state index is 0.184. The van der Waals surface area contributed by atoms with Gasteiger partial charge in [0.2, 0.25) is 0 Å². The van der Waals surface area contributed by atoms with Crippen LogP contribution in [0.2, 0.25) is 0 Å². The molecule has 0 saturated heterocycles. The van der Waals surface area contributed by atoms with Crippen LogP contribution in [0.4, 0.5) is 0 Å². The van der Waals surface area contributed by atoms with E-state index < -0.39 is 0 Å². The molecule has 0 fully saturated rings. The van der Waals surface area contributed by atoms with Crippen molar-refractivity contribution in [1.29, 1.82) is 0 Å². The van der Waals surface area contributed by atoms with Gasteiger partial charge in [-0.15, -0.1) is 0 Å². The fraction of sp³-hybridized carbons (Fsp3) is 1.00. The topological polar surface area (TPSA) is 17.1 Å². The molecule has 0 radical (unpaired) electrons. The van der Waals surface area contributed by atoms with Crippen LogP contribution >= 0.6 is 8.46 Å². The van der Waals surface area contributed by atoms with Crippen LogP contribution in [-0.4, -0.2) is 5.66 Å². The zero-order chi connectivity index (χ0) is 6.78. The smallest absolute Gasteiger partial charge is 0.158 e. The Morgan fingerprint density at radius 1 is 1.38 bits per heavy atom. The second-order valence-corrected chi connectivity index (χ2v) is 4.13. The van der Waals surface area contributed by atoms with E-state index in [0.717, 1.165) is 0 Å². The van der Waals surface area contributed by atoms with E-state index in [0.29, 0.717) is 0 Å². The van der Waals surface area contributed by atoms with Crippen LogP contribution in [0.3, 0.4) is 0 Å². The van der Waals surface area contributed by atoms with Gasteiger partial charge in [0.1, 0.15) is 0 Å². The van der Waals surface area contributed by atoms with E-state index in [1.807, 2.05) is 6.92 Å². The predicted octanol–water partition coefficient (Wildman–Crippen LogP) is 2.71. The van der Waals surface area contributed by atoms with E-state index in [-0.39, 0.29) is 19.5 Å². The lowest BCUT2D eigenvalue weighted by molar-refractivity contribution is 0.401. The van der Waals surface area contributed by atoms with Crippen LogP contribution in [0.5, 0.6) is 0 Å². The van der Waals surface area contributed by atoms with Crippen molar-refractivity contribution in [3.63, 3.8) is 0 Å². The van der Waals surface area contributed by atoms with Gasteiger partial charge in [0, 0.05) is 5.66 Å². The molecule has 1 unspecified atom stereocenters. The van der Waals surface area contributed by atoms with Crippen LogP contribution in [-0.2, 0) is 4.57 Å². The summed E-state index contributed by atoms with van der Waals surface area (Å²) in [7, 11) is 0.257. The van der Waals surface area contributed by atoms with Gasteiger partial charge in [-0.25, -0.2) is 0 Å². The normalized spacial score (nSPS) is 16.5. The Hall–Kier alpha value is 0.100. The molecule has 0 N–H and O–H groups in total. The van der Waals surface area contributed by atoms with E-state index in [1.54, 1.807) is 0 Å². The molecule has 0 aliphatic carbocycles. The summed E-state index contributed by atoms with van der Waals surface area (Å²) in [5.41, 5.74) is 0.450. The predicted molar refractivity (Wildman–Crippen MR) is 36.5 cm³/mol. The minimum Gasteiger partial charge on any atom is -0.275 e.